The van der Waals surface area contributed by atoms with Crippen LogP contribution in [0.4, 0.5) is 17.1 Å². The summed E-state index contributed by atoms with van der Waals surface area (Å²) in [5.74, 6) is -1.22. The quantitative estimate of drug-likeness (QED) is 0.131. The molecule has 0 spiro atoms. The van der Waals surface area contributed by atoms with Gasteiger partial charge in [-0.15, -0.1) is 22.7 Å². The van der Waals surface area contributed by atoms with Crippen molar-refractivity contribution in [1.82, 2.24) is 0 Å². The minimum Gasteiger partial charge on any atom is -0.477 e. The van der Waals surface area contributed by atoms with Crippen LogP contribution in [0.1, 0.15) is 54.8 Å². The molecule has 6 heteroatoms. The number of hydrogen-bond donors (Lipinski definition) is 1. The number of benzene rings is 5. The summed E-state index contributed by atoms with van der Waals surface area (Å²) in [6, 6.07) is 50.2. The molecule has 0 atom stereocenters. The average Bonchev–Trinajstić information content (AvgIpc) is 3.95. The van der Waals surface area contributed by atoms with Crippen molar-refractivity contribution in [1.29, 1.82) is 5.26 Å². The first-order chi connectivity index (χ1) is 26.0. The van der Waals surface area contributed by atoms with Gasteiger partial charge in [-0.25, -0.2) is 4.79 Å². The fourth-order valence-electron chi connectivity index (χ4n) is 8.38. The number of aliphatic carboxylic acids is 1. The third-order valence-electron chi connectivity index (χ3n) is 11.2. The van der Waals surface area contributed by atoms with Crippen LogP contribution in [0.5, 0.6) is 0 Å². The predicted molar refractivity (Wildman–Crippen MR) is 224 cm³/mol. The van der Waals surface area contributed by atoms with Gasteiger partial charge in [0.25, 0.3) is 0 Å². The number of nitrogens with zero attached hydrogens (tertiary/aromatic N) is 2. The number of anilines is 3. The van der Waals surface area contributed by atoms with Gasteiger partial charge >= 0.3 is 5.97 Å². The Hall–Kier alpha value is -6.00. The number of rotatable bonds is 7. The Bertz CT molecular complexity index is 2630. The highest BCUT2D eigenvalue weighted by molar-refractivity contribution is 7.24. The number of hydrogen-bond acceptors (Lipinski definition) is 5. The molecular formula is C48H36N2O2S2. The largest absolute Gasteiger partial charge is 0.477 e. The van der Waals surface area contributed by atoms with E-state index in [0.717, 1.165) is 42.1 Å². The van der Waals surface area contributed by atoms with Crippen LogP contribution in [0.3, 0.4) is 0 Å². The summed E-state index contributed by atoms with van der Waals surface area (Å²) in [4.78, 5) is 17.8. The van der Waals surface area contributed by atoms with Crippen molar-refractivity contribution >= 4 is 51.8 Å². The van der Waals surface area contributed by atoms with E-state index < -0.39 is 5.97 Å². The molecule has 54 heavy (non-hydrogen) atoms. The van der Waals surface area contributed by atoms with Crippen molar-refractivity contribution in [2.75, 3.05) is 4.90 Å². The topological polar surface area (TPSA) is 64.3 Å². The van der Waals surface area contributed by atoms with E-state index in [9.17, 15) is 15.2 Å². The van der Waals surface area contributed by atoms with E-state index in [-0.39, 0.29) is 16.4 Å². The van der Waals surface area contributed by atoms with Gasteiger partial charge in [0.15, 0.2) is 0 Å². The second-order valence-corrected chi connectivity index (χ2v) is 17.2. The zero-order chi connectivity index (χ0) is 37.4. The molecule has 0 radical (unpaired) electrons. The molecule has 0 saturated heterocycles. The number of carbonyl (C=O) groups is 1. The Kier molecular flexibility index (Phi) is 7.86. The van der Waals surface area contributed by atoms with Crippen LogP contribution in [0.15, 0.2) is 139 Å². The smallest absolute Gasteiger partial charge is 0.346 e. The Morgan fingerprint density at radius 3 is 1.70 bits per heavy atom. The van der Waals surface area contributed by atoms with Crippen LogP contribution in [-0.2, 0) is 15.6 Å². The van der Waals surface area contributed by atoms with E-state index in [2.05, 4.69) is 154 Å². The Labute approximate surface area is 323 Å². The molecule has 4 nitrogen and oxygen atoms in total. The van der Waals surface area contributed by atoms with Gasteiger partial charge in [0.2, 0.25) is 0 Å². The second kappa shape index (κ2) is 12.6. The van der Waals surface area contributed by atoms with Gasteiger partial charge in [0, 0.05) is 47.4 Å². The standard InChI is InChI=1S/C48H36N2O2S2/c1-47(2)39-14-7-5-12-35(39)37-19-16-32(26-41(37)47)50(33-17-20-38-36-13-6-8-15-40(36)48(3,4)42(38)27-33)31-11-9-10-29(24-31)43-22-23-45(54-43)44-21-18-34(53-44)25-30(28-49)46(51)52/h5-27H,1-4H3,(H,51,52)/b30-25-. The molecule has 0 saturated carbocycles. The molecule has 2 aliphatic carbocycles. The molecule has 2 aliphatic rings. The Morgan fingerprint density at radius 2 is 1.11 bits per heavy atom. The summed E-state index contributed by atoms with van der Waals surface area (Å²) in [7, 11) is 0. The molecule has 9 rings (SSSR count). The zero-order valence-corrected chi connectivity index (χ0v) is 32.0. The van der Waals surface area contributed by atoms with Gasteiger partial charge in [-0.3, -0.25) is 0 Å². The third kappa shape index (κ3) is 5.35. The summed E-state index contributed by atoms with van der Waals surface area (Å²) in [5.41, 5.74) is 14.5. The lowest BCUT2D eigenvalue weighted by molar-refractivity contribution is -0.132. The summed E-state index contributed by atoms with van der Waals surface area (Å²) >= 11 is 3.18. The molecule has 0 unspecified atom stereocenters. The summed E-state index contributed by atoms with van der Waals surface area (Å²) in [6.45, 7) is 9.32. The fourth-order valence-corrected chi connectivity index (χ4v) is 10.4. The zero-order valence-electron chi connectivity index (χ0n) is 30.3. The van der Waals surface area contributed by atoms with Crippen LogP contribution < -0.4 is 4.90 Å². The molecule has 5 aromatic carbocycles. The monoisotopic (exact) mass is 736 g/mol. The lowest BCUT2D eigenvalue weighted by atomic mass is 9.82. The molecule has 0 bridgehead atoms. The molecular weight excluding hydrogens is 701 g/mol. The lowest BCUT2D eigenvalue weighted by Gasteiger charge is -2.30. The highest BCUT2D eigenvalue weighted by Crippen LogP contribution is 2.53. The molecule has 2 heterocycles. The SMILES string of the molecule is CC1(C)c2ccccc2-c2ccc(N(c3cccc(-c4ccc(-c5ccc(/C=C(/C#N)C(=O)O)s5)s4)c3)c3ccc4c(c3)C(C)(C)c3ccccc3-4)cc21. The van der Waals surface area contributed by atoms with E-state index >= 15 is 0 Å². The second-order valence-electron chi connectivity index (χ2n) is 15.0. The van der Waals surface area contributed by atoms with Crippen molar-refractivity contribution in [3.05, 3.63) is 166 Å². The number of thiophene rings is 2. The Morgan fingerprint density at radius 1 is 0.593 bits per heavy atom. The van der Waals surface area contributed by atoms with Gasteiger partial charge in [-0.05, 0) is 117 Å². The van der Waals surface area contributed by atoms with E-state index in [0.29, 0.717) is 0 Å². The maximum Gasteiger partial charge on any atom is 0.346 e. The molecule has 0 fully saturated rings. The van der Waals surface area contributed by atoms with E-state index in [1.807, 2.05) is 12.1 Å². The van der Waals surface area contributed by atoms with Gasteiger partial charge in [-0.1, -0.05) is 100 Å². The highest BCUT2D eigenvalue weighted by Gasteiger charge is 2.37. The summed E-state index contributed by atoms with van der Waals surface area (Å²) in [6.07, 6.45) is 1.43. The van der Waals surface area contributed by atoms with Crippen molar-refractivity contribution in [3.63, 3.8) is 0 Å². The van der Waals surface area contributed by atoms with Gasteiger partial charge in [-0.2, -0.15) is 5.26 Å². The maximum absolute atomic E-state index is 11.4. The molecule has 262 valence electrons. The van der Waals surface area contributed by atoms with E-state index in [1.165, 1.54) is 61.9 Å². The van der Waals surface area contributed by atoms with Crippen LogP contribution in [0, 0.1) is 11.3 Å². The van der Waals surface area contributed by atoms with Gasteiger partial charge < -0.3 is 10.0 Å². The molecule has 0 amide bonds. The molecule has 7 aromatic rings. The summed E-state index contributed by atoms with van der Waals surface area (Å²) < 4.78 is 0. The van der Waals surface area contributed by atoms with E-state index in [1.54, 1.807) is 17.4 Å². The van der Waals surface area contributed by atoms with Crippen molar-refractivity contribution < 1.29 is 9.90 Å². The van der Waals surface area contributed by atoms with Crippen molar-refractivity contribution in [2.24, 2.45) is 0 Å². The maximum atomic E-state index is 11.4. The van der Waals surface area contributed by atoms with Crippen molar-refractivity contribution in [2.45, 2.75) is 38.5 Å². The van der Waals surface area contributed by atoms with Crippen LogP contribution >= 0.6 is 22.7 Å². The normalized spacial score (nSPS) is 14.5. The minimum absolute atomic E-state index is 0.133. The number of carboxylic acids is 1. The third-order valence-corrected chi connectivity index (χ3v) is 13.5. The molecule has 0 aliphatic heterocycles. The van der Waals surface area contributed by atoms with Crippen molar-refractivity contribution in [3.8, 4) is 48.5 Å². The van der Waals surface area contributed by atoms with Gasteiger partial charge in [0.05, 0.1) is 0 Å². The Balaban J connectivity index is 1.15. The first kappa shape index (κ1) is 33.8. The first-order valence-electron chi connectivity index (χ1n) is 18.0. The predicted octanol–water partition coefficient (Wildman–Crippen LogP) is 13.2. The summed E-state index contributed by atoms with van der Waals surface area (Å²) in [5, 5.41) is 18.5. The van der Waals surface area contributed by atoms with Crippen LogP contribution in [0.25, 0.3) is 48.5 Å². The lowest BCUT2D eigenvalue weighted by Crippen LogP contribution is -2.18. The number of nitriles is 1. The molecule has 1 N–H and O–H groups in total. The minimum atomic E-state index is -1.22. The van der Waals surface area contributed by atoms with E-state index in [4.69, 9.17) is 0 Å². The number of carboxylic acid groups (broad SMARTS) is 1. The fraction of sp³-hybridized carbons (Fsp3) is 0.125. The first-order valence-corrected chi connectivity index (χ1v) is 19.6. The average molecular weight is 737 g/mol. The van der Waals surface area contributed by atoms with Gasteiger partial charge in [0.1, 0.15) is 11.6 Å². The molecule has 2 aromatic heterocycles. The van der Waals surface area contributed by atoms with Crippen LogP contribution in [0.2, 0.25) is 0 Å². The van der Waals surface area contributed by atoms with Crippen LogP contribution in [-0.4, -0.2) is 11.1 Å². The number of fused-ring (bicyclic) bond motifs is 6. The highest BCUT2D eigenvalue weighted by atomic mass is 32.1.